The van der Waals surface area contributed by atoms with Gasteiger partial charge < -0.3 is 15.5 Å². The van der Waals surface area contributed by atoms with E-state index in [2.05, 4.69) is 26.0 Å². The summed E-state index contributed by atoms with van der Waals surface area (Å²) in [7, 11) is 1.90. The predicted molar refractivity (Wildman–Crippen MR) is 109 cm³/mol. The SMILES string of the molecule is CCNC(=NCCCN(C)c1ccccc1F)NCCc1csc(C)n1. The van der Waals surface area contributed by atoms with Crippen molar-refractivity contribution in [2.75, 3.05) is 38.1 Å². The third-order valence-electron chi connectivity index (χ3n) is 3.87. The highest BCUT2D eigenvalue weighted by Gasteiger charge is 2.06. The number of rotatable bonds is 9. The van der Waals surface area contributed by atoms with E-state index in [4.69, 9.17) is 0 Å². The second-order valence-electron chi connectivity index (χ2n) is 6.02. The molecule has 0 radical (unpaired) electrons. The summed E-state index contributed by atoms with van der Waals surface area (Å²) < 4.78 is 13.8. The van der Waals surface area contributed by atoms with Crippen LogP contribution in [0, 0.1) is 12.7 Å². The maximum absolute atomic E-state index is 13.8. The van der Waals surface area contributed by atoms with Crippen molar-refractivity contribution in [3.8, 4) is 0 Å². The summed E-state index contributed by atoms with van der Waals surface area (Å²) in [5, 5.41) is 9.78. The lowest BCUT2D eigenvalue weighted by molar-refractivity contribution is 0.620. The van der Waals surface area contributed by atoms with Crippen molar-refractivity contribution < 1.29 is 4.39 Å². The molecule has 0 amide bonds. The zero-order valence-electron chi connectivity index (χ0n) is 15.8. The van der Waals surface area contributed by atoms with Crippen LogP contribution in [0.5, 0.6) is 0 Å². The lowest BCUT2D eigenvalue weighted by atomic mass is 10.2. The molecule has 2 aromatic rings. The number of benzene rings is 1. The number of aromatic nitrogens is 1. The summed E-state index contributed by atoms with van der Waals surface area (Å²) in [5.74, 6) is 0.624. The molecule has 0 saturated carbocycles. The summed E-state index contributed by atoms with van der Waals surface area (Å²) in [4.78, 5) is 11.0. The molecule has 0 saturated heterocycles. The molecule has 7 heteroatoms. The van der Waals surface area contributed by atoms with Crippen molar-refractivity contribution in [3.63, 3.8) is 0 Å². The average molecular weight is 378 g/mol. The summed E-state index contributed by atoms with van der Waals surface area (Å²) in [6.07, 6.45) is 1.73. The lowest BCUT2D eigenvalue weighted by Crippen LogP contribution is -2.38. The zero-order chi connectivity index (χ0) is 18.8. The molecule has 1 aromatic heterocycles. The number of nitrogens with one attached hydrogen (secondary N) is 2. The first-order chi connectivity index (χ1) is 12.6. The normalized spacial score (nSPS) is 11.5. The second-order valence-corrected chi connectivity index (χ2v) is 7.08. The fraction of sp³-hybridized carbons (Fsp3) is 0.474. The van der Waals surface area contributed by atoms with Crippen LogP contribution in [0.3, 0.4) is 0 Å². The number of thiazole rings is 1. The van der Waals surface area contributed by atoms with Gasteiger partial charge in [-0.1, -0.05) is 12.1 Å². The van der Waals surface area contributed by atoms with E-state index in [0.29, 0.717) is 12.2 Å². The molecule has 0 aliphatic rings. The number of para-hydroxylation sites is 1. The highest BCUT2D eigenvalue weighted by Crippen LogP contribution is 2.16. The first-order valence-corrected chi connectivity index (χ1v) is 9.87. The number of hydrogen-bond donors (Lipinski definition) is 2. The van der Waals surface area contributed by atoms with Crippen LogP contribution in [0.15, 0.2) is 34.6 Å². The van der Waals surface area contributed by atoms with Gasteiger partial charge in [0.15, 0.2) is 5.96 Å². The highest BCUT2D eigenvalue weighted by atomic mass is 32.1. The molecule has 5 nitrogen and oxygen atoms in total. The molecule has 0 fully saturated rings. The van der Waals surface area contributed by atoms with Gasteiger partial charge in [0, 0.05) is 45.0 Å². The smallest absolute Gasteiger partial charge is 0.191 e. The van der Waals surface area contributed by atoms with Crippen molar-refractivity contribution in [2.24, 2.45) is 4.99 Å². The summed E-state index contributed by atoms with van der Waals surface area (Å²) in [6, 6.07) is 6.84. The average Bonchev–Trinajstić information content (AvgIpc) is 3.04. The maximum atomic E-state index is 13.8. The third-order valence-corrected chi connectivity index (χ3v) is 4.69. The van der Waals surface area contributed by atoms with Gasteiger partial charge in [0.1, 0.15) is 5.82 Å². The summed E-state index contributed by atoms with van der Waals surface area (Å²) >= 11 is 1.68. The number of halogens is 1. The Hall–Kier alpha value is -2.15. The monoisotopic (exact) mass is 377 g/mol. The molecule has 1 aromatic carbocycles. The molecule has 26 heavy (non-hydrogen) atoms. The molecular formula is C19H28FN5S. The Kier molecular flexibility index (Phi) is 8.34. The lowest BCUT2D eigenvalue weighted by Gasteiger charge is -2.19. The van der Waals surface area contributed by atoms with Crippen molar-refractivity contribution >= 4 is 23.0 Å². The van der Waals surface area contributed by atoms with Gasteiger partial charge in [-0.2, -0.15) is 0 Å². The standard InChI is InChI=1S/C19H28FN5S/c1-4-21-19(23-12-10-16-14-26-15(2)24-16)22-11-7-13-25(3)18-9-6-5-8-17(18)20/h5-6,8-9,14H,4,7,10-13H2,1-3H3,(H2,21,22,23). The molecule has 0 aliphatic heterocycles. The fourth-order valence-electron chi connectivity index (χ4n) is 2.55. The van der Waals surface area contributed by atoms with E-state index < -0.39 is 0 Å². The van der Waals surface area contributed by atoms with Gasteiger partial charge in [0.2, 0.25) is 0 Å². The summed E-state index contributed by atoms with van der Waals surface area (Å²) in [6.45, 7) is 7.12. The number of aryl methyl sites for hydroxylation is 1. The van der Waals surface area contributed by atoms with Crippen LogP contribution in [0.25, 0.3) is 0 Å². The van der Waals surface area contributed by atoms with Gasteiger partial charge in [-0.3, -0.25) is 4.99 Å². The first-order valence-electron chi connectivity index (χ1n) is 8.99. The molecule has 0 spiro atoms. The van der Waals surface area contributed by atoms with E-state index in [-0.39, 0.29) is 5.82 Å². The molecule has 0 atom stereocenters. The Morgan fingerprint density at radius 1 is 1.31 bits per heavy atom. The van der Waals surface area contributed by atoms with Gasteiger partial charge in [-0.05, 0) is 32.4 Å². The van der Waals surface area contributed by atoms with Crippen LogP contribution >= 0.6 is 11.3 Å². The van der Waals surface area contributed by atoms with E-state index in [0.717, 1.165) is 49.1 Å². The second kappa shape index (κ2) is 10.8. The zero-order valence-corrected chi connectivity index (χ0v) is 16.6. The minimum atomic E-state index is -0.189. The molecular weight excluding hydrogens is 349 g/mol. The van der Waals surface area contributed by atoms with Crippen LogP contribution < -0.4 is 15.5 Å². The van der Waals surface area contributed by atoms with Crippen molar-refractivity contribution in [1.82, 2.24) is 15.6 Å². The van der Waals surface area contributed by atoms with E-state index in [1.54, 1.807) is 23.5 Å². The minimum absolute atomic E-state index is 0.189. The van der Waals surface area contributed by atoms with E-state index in [1.165, 1.54) is 6.07 Å². The summed E-state index contributed by atoms with van der Waals surface area (Å²) in [5.41, 5.74) is 1.74. The van der Waals surface area contributed by atoms with Gasteiger partial charge in [-0.25, -0.2) is 9.37 Å². The maximum Gasteiger partial charge on any atom is 0.191 e. The molecule has 0 unspecified atom stereocenters. The Labute approximate surface area is 159 Å². The van der Waals surface area contributed by atoms with Crippen LogP contribution in [-0.2, 0) is 6.42 Å². The molecule has 2 rings (SSSR count). The van der Waals surface area contributed by atoms with E-state index in [1.807, 2.05) is 31.9 Å². The van der Waals surface area contributed by atoms with Crippen LogP contribution in [0.4, 0.5) is 10.1 Å². The molecule has 2 N–H and O–H groups in total. The topological polar surface area (TPSA) is 52.6 Å². The van der Waals surface area contributed by atoms with E-state index in [9.17, 15) is 4.39 Å². The van der Waals surface area contributed by atoms with Gasteiger partial charge in [0.25, 0.3) is 0 Å². The molecule has 1 heterocycles. The van der Waals surface area contributed by atoms with Crippen LogP contribution in [0.2, 0.25) is 0 Å². The van der Waals surface area contributed by atoms with Crippen LogP contribution in [-0.4, -0.2) is 44.2 Å². The number of guanidine groups is 1. The number of anilines is 1. The van der Waals surface area contributed by atoms with Crippen molar-refractivity contribution in [3.05, 3.63) is 46.2 Å². The number of aliphatic imine (C=N–C) groups is 1. The third kappa shape index (κ3) is 6.63. The Morgan fingerprint density at radius 2 is 2.12 bits per heavy atom. The molecule has 0 bridgehead atoms. The van der Waals surface area contributed by atoms with Crippen molar-refractivity contribution in [1.29, 1.82) is 0 Å². The van der Waals surface area contributed by atoms with Crippen molar-refractivity contribution in [2.45, 2.75) is 26.7 Å². The number of nitrogens with zero attached hydrogens (tertiary/aromatic N) is 3. The van der Waals surface area contributed by atoms with Gasteiger partial charge in [-0.15, -0.1) is 11.3 Å². The fourth-order valence-corrected chi connectivity index (χ4v) is 3.20. The number of hydrogen-bond acceptors (Lipinski definition) is 4. The first kappa shape index (κ1) is 20.2. The minimum Gasteiger partial charge on any atom is -0.372 e. The van der Waals surface area contributed by atoms with E-state index >= 15 is 0 Å². The molecule has 142 valence electrons. The molecule has 0 aliphatic carbocycles. The highest BCUT2D eigenvalue weighted by molar-refractivity contribution is 7.09. The quantitative estimate of drug-likeness (QED) is 0.400. The largest absolute Gasteiger partial charge is 0.372 e. The van der Waals surface area contributed by atoms with Gasteiger partial charge in [0.05, 0.1) is 16.4 Å². The Morgan fingerprint density at radius 3 is 2.81 bits per heavy atom. The van der Waals surface area contributed by atoms with Crippen LogP contribution in [0.1, 0.15) is 24.0 Å². The predicted octanol–water partition coefficient (Wildman–Crippen LogP) is 3.21. The Bertz CT molecular complexity index is 701. The van der Waals surface area contributed by atoms with Gasteiger partial charge >= 0.3 is 0 Å². The Balaban J connectivity index is 1.74.